The van der Waals surface area contributed by atoms with Crippen LogP contribution in [0.25, 0.3) is 0 Å². The molecule has 2 unspecified atom stereocenters. The number of aromatic nitrogens is 1. The number of nitriles is 1. The third-order valence-electron chi connectivity index (χ3n) is 4.94. The first kappa shape index (κ1) is 24.2. The maximum Gasteiger partial charge on any atom is 0.422 e. The number of carbonyl (C=O) groups excluding carboxylic acids is 1. The van der Waals surface area contributed by atoms with Crippen LogP contribution in [-0.2, 0) is 17.1 Å². The van der Waals surface area contributed by atoms with E-state index in [-0.39, 0.29) is 23.0 Å². The highest BCUT2D eigenvalue weighted by Crippen LogP contribution is 2.39. The Bertz CT molecular complexity index is 1280. The largest absolute Gasteiger partial charge is 0.488 e. The van der Waals surface area contributed by atoms with Crippen LogP contribution in [0.5, 0.6) is 5.75 Å². The van der Waals surface area contributed by atoms with Crippen molar-refractivity contribution in [2.45, 2.75) is 22.7 Å². The maximum atomic E-state index is 13.5. The fourth-order valence-electron chi connectivity index (χ4n) is 3.17. The SMILES string of the molecule is C=CC(O)(C1COc2c(cn(C)c2C(=O)Nc2ccc(F)c(C#N)c2)S(=O)(=O)N1)C(F)(F)F. The van der Waals surface area contributed by atoms with Crippen molar-refractivity contribution in [3.8, 4) is 11.8 Å². The number of nitrogens with one attached hydrogen (secondary N) is 2. The molecule has 9 nitrogen and oxygen atoms in total. The summed E-state index contributed by atoms with van der Waals surface area (Å²) in [7, 11) is -3.39. The molecule has 14 heteroatoms. The van der Waals surface area contributed by atoms with Crippen LogP contribution >= 0.6 is 0 Å². The number of ether oxygens (including phenoxy) is 1. The number of alkyl halides is 3. The van der Waals surface area contributed by atoms with E-state index in [1.165, 1.54) is 7.05 Å². The number of fused-ring (bicyclic) bond motifs is 1. The quantitative estimate of drug-likeness (QED) is 0.444. The summed E-state index contributed by atoms with van der Waals surface area (Å²) in [5.41, 5.74) is -4.40. The highest BCUT2D eigenvalue weighted by Gasteiger charge is 2.58. The molecule has 0 fully saturated rings. The van der Waals surface area contributed by atoms with E-state index in [4.69, 9.17) is 10.00 Å². The number of hydrogen-bond donors (Lipinski definition) is 3. The molecule has 33 heavy (non-hydrogen) atoms. The number of rotatable bonds is 4. The lowest BCUT2D eigenvalue weighted by molar-refractivity contribution is -0.249. The van der Waals surface area contributed by atoms with Gasteiger partial charge < -0.3 is 19.7 Å². The summed E-state index contributed by atoms with van der Waals surface area (Å²) in [5.74, 6) is -2.33. The predicted octanol–water partition coefficient (Wildman–Crippen LogP) is 1.81. The van der Waals surface area contributed by atoms with Gasteiger partial charge in [-0.1, -0.05) is 6.58 Å². The number of benzene rings is 1. The molecule has 3 rings (SSSR count). The summed E-state index contributed by atoms with van der Waals surface area (Å²) in [5, 5.41) is 21.3. The standard InChI is InChI=1S/C19H16F4N4O5S/c1-3-18(29,19(21,22)23)14-9-32-16-13(33(30,31)26-14)8-27(2)15(16)17(28)25-11-4-5-12(20)10(6-11)7-24/h3-6,8,14,26,29H,1,9H2,2H3,(H,25,28). The average molecular weight is 488 g/mol. The van der Waals surface area contributed by atoms with Gasteiger partial charge in [0.05, 0.1) is 11.6 Å². The molecule has 0 radical (unpaired) electrons. The molecular formula is C19H16F4N4O5S. The lowest BCUT2D eigenvalue weighted by Gasteiger charge is -2.33. The predicted molar refractivity (Wildman–Crippen MR) is 105 cm³/mol. The Morgan fingerprint density at radius 3 is 2.70 bits per heavy atom. The fraction of sp³-hybridized carbons (Fsp3) is 0.263. The van der Waals surface area contributed by atoms with E-state index in [1.807, 2.05) is 0 Å². The van der Waals surface area contributed by atoms with E-state index in [0.29, 0.717) is 0 Å². The molecule has 2 aromatic rings. The second-order valence-corrected chi connectivity index (χ2v) is 8.74. The number of sulfonamides is 1. The van der Waals surface area contributed by atoms with Gasteiger partial charge in [0.25, 0.3) is 5.91 Å². The minimum Gasteiger partial charge on any atom is -0.488 e. The molecule has 0 saturated heterocycles. The molecule has 2 heterocycles. The molecule has 0 bridgehead atoms. The summed E-state index contributed by atoms with van der Waals surface area (Å²) < 4.78 is 87.3. The van der Waals surface area contributed by atoms with Crippen molar-refractivity contribution in [3.63, 3.8) is 0 Å². The number of nitrogens with zero attached hydrogens (tertiary/aromatic N) is 2. The molecule has 1 aromatic heterocycles. The van der Waals surface area contributed by atoms with Crippen molar-refractivity contribution in [3.05, 3.63) is 54.1 Å². The summed E-state index contributed by atoms with van der Waals surface area (Å²) in [4.78, 5) is 12.2. The Morgan fingerprint density at radius 2 is 2.12 bits per heavy atom. The topological polar surface area (TPSA) is 133 Å². The third-order valence-corrected chi connectivity index (χ3v) is 6.40. The molecule has 0 aliphatic carbocycles. The Hall–Kier alpha value is -3.41. The van der Waals surface area contributed by atoms with Crippen LogP contribution in [0.1, 0.15) is 16.1 Å². The van der Waals surface area contributed by atoms with E-state index in [9.17, 15) is 35.9 Å². The van der Waals surface area contributed by atoms with Crippen molar-refractivity contribution >= 4 is 21.6 Å². The second-order valence-electron chi connectivity index (χ2n) is 7.05. The number of anilines is 1. The van der Waals surface area contributed by atoms with Gasteiger partial charge in [0.15, 0.2) is 17.0 Å². The Kier molecular flexibility index (Phi) is 6.01. The number of aliphatic hydroxyl groups is 1. The summed E-state index contributed by atoms with van der Waals surface area (Å²) in [6, 6.07) is 2.51. The van der Waals surface area contributed by atoms with Gasteiger partial charge in [0, 0.05) is 18.9 Å². The first-order valence-corrected chi connectivity index (χ1v) is 10.5. The van der Waals surface area contributed by atoms with Crippen LogP contribution in [0, 0.1) is 17.1 Å². The average Bonchev–Trinajstić information content (AvgIpc) is 3.01. The molecule has 1 aromatic carbocycles. The highest BCUT2D eigenvalue weighted by molar-refractivity contribution is 7.89. The Balaban J connectivity index is 2.00. The summed E-state index contributed by atoms with van der Waals surface area (Å²) in [6.45, 7) is 1.95. The zero-order chi connectivity index (χ0) is 24.8. The molecule has 1 aliphatic rings. The summed E-state index contributed by atoms with van der Waals surface area (Å²) >= 11 is 0. The Morgan fingerprint density at radius 1 is 1.45 bits per heavy atom. The van der Waals surface area contributed by atoms with Crippen LogP contribution in [0.3, 0.4) is 0 Å². The van der Waals surface area contributed by atoms with Crippen LogP contribution in [0.15, 0.2) is 41.9 Å². The zero-order valence-electron chi connectivity index (χ0n) is 16.8. The monoisotopic (exact) mass is 488 g/mol. The van der Waals surface area contributed by atoms with Gasteiger partial charge in [-0.2, -0.15) is 18.4 Å². The molecule has 0 saturated carbocycles. The van der Waals surface area contributed by atoms with E-state index >= 15 is 0 Å². The number of carbonyl (C=O) groups is 1. The molecule has 0 spiro atoms. The van der Waals surface area contributed by atoms with Gasteiger partial charge in [-0.25, -0.2) is 17.5 Å². The van der Waals surface area contributed by atoms with Gasteiger partial charge in [-0.05, 0) is 24.3 Å². The van der Waals surface area contributed by atoms with Gasteiger partial charge in [-0.3, -0.25) is 4.79 Å². The van der Waals surface area contributed by atoms with Crippen molar-refractivity contribution in [1.29, 1.82) is 5.26 Å². The Labute approximate surface area is 184 Å². The molecule has 176 valence electrons. The van der Waals surface area contributed by atoms with Gasteiger partial charge in [0.2, 0.25) is 10.0 Å². The molecule has 1 aliphatic heterocycles. The number of aryl methyl sites for hydroxylation is 1. The van der Waals surface area contributed by atoms with Crippen LogP contribution in [0.4, 0.5) is 23.2 Å². The molecule has 3 N–H and O–H groups in total. The van der Waals surface area contributed by atoms with Gasteiger partial charge in [-0.15, -0.1) is 0 Å². The van der Waals surface area contributed by atoms with Crippen molar-refractivity contribution in [1.82, 2.24) is 9.29 Å². The first-order chi connectivity index (χ1) is 15.2. The lowest BCUT2D eigenvalue weighted by Crippen LogP contribution is -2.61. The molecule has 2 atom stereocenters. The zero-order valence-corrected chi connectivity index (χ0v) is 17.6. The number of hydrogen-bond acceptors (Lipinski definition) is 6. The van der Waals surface area contributed by atoms with E-state index < -0.39 is 56.8 Å². The molecular weight excluding hydrogens is 472 g/mol. The minimum absolute atomic E-state index is 0.00140. The first-order valence-electron chi connectivity index (χ1n) is 9.03. The van der Waals surface area contributed by atoms with E-state index in [0.717, 1.165) is 29.0 Å². The number of halogens is 4. The van der Waals surface area contributed by atoms with Gasteiger partial charge >= 0.3 is 6.18 Å². The van der Waals surface area contributed by atoms with E-state index in [1.54, 1.807) is 10.8 Å². The van der Waals surface area contributed by atoms with Crippen molar-refractivity contribution in [2.24, 2.45) is 7.05 Å². The van der Waals surface area contributed by atoms with Crippen molar-refractivity contribution in [2.75, 3.05) is 11.9 Å². The fourth-order valence-corrected chi connectivity index (χ4v) is 4.62. The summed E-state index contributed by atoms with van der Waals surface area (Å²) in [6.07, 6.45) is -4.19. The molecule has 1 amide bonds. The maximum absolute atomic E-state index is 13.5. The van der Waals surface area contributed by atoms with Crippen LogP contribution in [-0.4, -0.2) is 48.4 Å². The third kappa shape index (κ3) is 4.17. The lowest BCUT2D eigenvalue weighted by atomic mass is 9.95. The highest BCUT2D eigenvalue weighted by atomic mass is 32.2. The normalized spacial score (nSPS) is 19.2. The second kappa shape index (κ2) is 8.18. The van der Waals surface area contributed by atoms with Gasteiger partial charge in [0.1, 0.15) is 23.4 Å². The van der Waals surface area contributed by atoms with Crippen LogP contribution in [0.2, 0.25) is 0 Å². The van der Waals surface area contributed by atoms with Crippen molar-refractivity contribution < 1.29 is 40.6 Å². The number of amides is 1. The van der Waals surface area contributed by atoms with Crippen LogP contribution < -0.4 is 14.8 Å². The minimum atomic E-state index is -5.29. The van der Waals surface area contributed by atoms with E-state index in [2.05, 4.69) is 11.9 Å². The smallest absolute Gasteiger partial charge is 0.422 e.